The number of fused-ring (bicyclic) bond motifs is 1. The number of nitrogens with one attached hydrogen (secondary N) is 1. The maximum atomic E-state index is 13.2. The highest BCUT2D eigenvalue weighted by atomic mass is 35.5. The molecule has 0 unspecified atom stereocenters. The fourth-order valence-electron chi connectivity index (χ4n) is 2.85. The lowest BCUT2D eigenvalue weighted by atomic mass is 10.1. The Morgan fingerprint density at radius 2 is 1.87 bits per heavy atom. The van der Waals surface area contributed by atoms with Crippen LogP contribution in [0.15, 0.2) is 42.5 Å². The molecule has 1 aliphatic heterocycles. The van der Waals surface area contributed by atoms with E-state index in [0.29, 0.717) is 10.0 Å². The lowest BCUT2D eigenvalue weighted by molar-refractivity contribution is 0.627. The Morgan fingerprint density at radius 3 is 2.65 bits per heavy atom. The van der Waals surface area contributed by atoms with Gasteiger partial charge in [-0.15, -0.1) is 0 Å². The van der Waals surface area contributed by atoms with Crippen LogP contribution >= 0.6 is 23.2 Å². The Hall–Kier alpha value is -2.04. The van der Waals surface area contributed by atoms with Gasteiger partial charge in [0, 0.05) is 17.7 Å². The zero-order valence-corrected chi connectivity index (χ0v) is 13.5. The van der Waals surface area contributed by atoms with Crippen LogP contribution in [-0.4, -0.2) is 16.3 Å². The SMILES string of the molecule is Fc1ccc(-n2nc(-c3cccc(Cl)c3Cl)c3c2NCC3)cc1. The molecule has 0 atom stereocenters. The second-order valence-electron chi connectivity index (χ2n) is 5.34. The first kappa shape index (κ1) is 14.5. The van der Waals surface area contributed by atoms with E-state index >= 15 is 0 Å². The summed E-state index contributed by atoms with van der Waals surface area (Å²) in [6, 6.07) is 11.8. The molecule has 1 aliphatic rings. The van der Waals surface area contributed by atoms with Crippen molar-refractivity contribution in [3.05, 3.63) is 63.9 Å². The highest BCUT2D eigenvalue weighted by Crippen LogP contribution is 2.39. The van der Waals surface area contributed by atoms with Crippen LogP contribution in [0.1, 0.15) is 5.56 Å². The van der Waals surface area contributed by atoms with Crippen LogP contribution in [0.25, 0.3) is 16.9 Å². The van der Waals surface area contributed by atoms with Gasteiger partial charge in [-0.1, -0.05) is 35.3 Å². The topological polar surface area (TPSA) is 29.9 Å². The van der Waals surface area contributed by atoms with Crippen LogP contribution in [0.4, 0.5) is 10.2 Å². The van der Waals surface area contributed by atoms with Crippen molar-refractivity contribution in [3.8, 4) is 16.9 Å². The van der Waals surface area contributed by atoms with E-state index in [1.165, 1.54) is 12.1 Å². The van der Waals surface area contributed by atoms with E-state index in [2.05, 4.69) is 5.32 Å². The molecule has 0 bridgehead atoms. The summed E-state index contributed by atoms with van der Waals surface area (Å²) >= 11 is 12.5. The van der Waals surface area contributed by atoms with Crippen molar-refractivity contribution in [1.82, 2.24) is 9.78 Å². The highest BCUT2D eigenvalue weighted by Gasteiger charge is 2.25. The molecular formula is C17H12Cl2FN3. The minimum atomic E-state index is -0.274. The predicted molar refractivity (Wildman–Crippen MR) is 91.2 cm³/mol. The molecule has 0 aliphatic carbocycles. The Kier molecular flexibility index (Phi) is 3.51. The molecule has 1 aromatic heterocycles. The number of hydrogen-bond donors (Lipinski definition) is 1. The molecule has 0 radical (unpaired) electrons. The summed E-state index contributed by atoms with van der Waals surface area (Å²) in [5.41, 5.74) is 3.50. The smallest absolute Gasteiger partial charge is 0.133 e. The third-order valence-corrected chi connectivity index (χ3v) is 4.75. The molecule has 3 nitrogen and oxygen atoms in total. The average molecular weight is 348 g/mol. The van der Waals surface area contributed by atoms with E-state index in [0.717, 1.165) is 41.3 Å². The van der Waals surface area contributed by atoms with E-state index in [1.807, 2.05) is 12.1 Å². The second kappa shape index (κ2) is 5.55. The normalized spacial score (nSPS) is 13.0. The Labute approximate surface area is 142 Å². The third-order valence-electron chi connectivity index (χ3n) is 3.93. The molecule has 0 spiro atoms. The molecule has 0 saturated carbocycles. The summed E-state index contributed by atoms with van der Waals surface area (Å²) in [5, 5.41) is 9.02. The Bertz CT molecular complexity index is 888. The van der Waals surface area contributed by atoms with Gasteiger partial charge in [-0.05, 0) is 36.8 Å². The van der Waals surface area contributed by atoms with Crippen LogP contribution < -0.4 is 5.32 Å². The first-order chi connectivity index (χ1) is 11.1. The molecular weight excluding hydrogens is 336 g/mol. The van der Waals surface area contributed by atoms with Gasteiger partial charge in [-0.25, -0.2) is 9.07 Å². The molecule has 116 valence electrons. The van der Waals surface area contributed by atoms with Gasteiger partial charge in [0.25, 0.3) is 0 Å². The van der Waals surface area contributed by atoms with Gasteiger partial charge in [-0.3, -0.25) is 0 Å². The quantitative estimate of drug-likeness (QED) is 0.710. The molecule has 2 aromatic carbocycles. The largest absolute Gasteiger partial charge is 0.369 e. The summed E-state index contributed by atoms with van der Waals surface area (Å²) in [6.07, 6.45) is 0.856. The molecule has 1 N–H and O–H groups in total. The maximum absolute atomic E-state index is 13.2. The van der Waals surface area contributed by atoms with Gasteiger partial charge in [0.15, 0.2) is 0 Å². The zero-order valence-electron chi connectivity index (χ0n) is 12.0. The summed E-state index contributed by atoms with van der Waals surface area (Å²) in [4.78, 5) is 0. The third kappa shape index (κ3) is 2.38. The average Bonchev–Trinajstić information content (AvgIpc) is 3.14. The number of hydrogen-bond acceptors (Lipinski definition) is 2. The van der Waals surface area contributed by atoms with E-state index in [1.54, 1.807) is 22.9 Å². The van der Waals surface area contributed by atoms with Gasteiger partial charge in [-0.2, -0.15) is 5.10 Å². The molecule has 2 heterocycles. The molecule has 0 saturated heterocycles. The predicted octanol–water partition coefficient (Wildman–Crippen LogP) is 4.95. The highest BCUT2D eigenvalue weighted by molar-refractivity contribution is 6.43. The zero-order chi connectivity index (χ0) is 16.0. The van der Waals surface area contributed by atoms with Gasteiger partial charge >= 0.3 is 0 Å². The Balaban J connectivity index is 1.91. The summed E-state index contributed by atoms with van der Waals surface area (Å²) in [6.45, 7) is 0.833. The van der Waals surface area contributed by atoms with Gasteiger partial charge in [0.2, 0.25) is 0 Å². The molecule has 0 amide bonds. The van der Waals surface area contributed by atoms with Crippen molar-refractivity contribution in [2.45, 2.75) is 6.42 Å². The van der Waals surface area contributed by atoms with Gasteiger partial charge in [0.05, 0.1) is 21.4 Å². The lowest BCUT2D eigenvalue weighted by Crippen LogP contribution is -2.04. The summed E-state index contributed by atoms with van der Waals surface area (Å²) in [5.74, 6) is 0.645. The number of benzene rings is 2. The molecule has 6 heteroatoms. The van der Waals surface area contributed by atoms with Crippen molar-refractivity contribution >= 4 is 29.0 Å². The fraction of sp³-hybridized carbons (Fsp3) is 0.118. The number of anilines is 1. The first-order valence-corrected chi connectivity index (χ1v) is 7.97. The van der Waals surface area contributed by atoms with Crippen molar-refractivity contribution in [3.63, 3.8) is 0 Å². The van der Waals surface area contributed by atoms with E-state index < -0.39 is 0 Å². The van der Waals surface area contributed by atoms with Crippen molar-refractivity contribution in [1.29, 1.82) is 0 Å². The van der Waals surface area contributed by atoms with Crippen LogP contribution in [-0.2, 0) is 6.42 Å². The summed E-state index contributed by atoms with van der Waals surface area (Å²) < 4.78 is 15.0. The molecule has 23 heavy (non-hydrogen) atoms. The minimum Gasteiger partial charge on any atom is -0.369 e. The minimum absolute atomic E-state index is 0.274. The van der Waals surface area contributed by atoms with E-state index in [-0.39, 0.29) is 5.82 Å². The standard InChI is InChI=1S/C17H12Cl2FN3/c18-14-3-1-2-12(15(14)19)16-13-8-9-21-17(13)23(22-16)11-6-4-10(20)5-7-11/h1-7,21H,8-9H2. The second-order valence-corrected chi connectivity index (χ2v) is 6.13. The monoisotopic (exact) mass is 347 g/mol. The fourth-order valence-corrected chi connectivity index (χ4v) is 3.24. The first-order valence-electron chi connectivity index (χ1n) is 7.21. The number of aromatic nitrogens is 2. The van der Waals surface area contributed by atoms with Crippen molar-refractivity contribution in [2.75, 3.05) is 11.9 Å². The number of nitrogens with zero attached hydrogens (tertiary/aromatic N) is 2. The number of halogens is 3. The maximum Gasteiger partial charge on any atom is 0.133 e. The van der Waals surface area contributed by atoms with Gasteiger partial charge in [0.1, 0.15) is 11.6 Å². The van der Waals surface area contributed by atoms with Gasteiger partial charge < -0.3 is 5.32 Å². The molecule has 4 rings (SSSR count). The number of rotatable bonds is 2. The molecule has 3 aromatic rings. The van der Waals surface area contributed by atoms with Crippen LogP contribution in [0, 0.1) is 5.82 Å². The Morgan fingerprint density at radius 1 is 1.09 bits per heavy atom. The van der Waals surface area contributed by atoms with E-state index in [9.17, 15) is 4.39 Å². The summed E-state index contributed by atoms with van der Waals surface area (Å²) in [7, 11) is 0. The van der Waals surface area contributed by atoms with E-state index in [4.69, 9.17) is 28.3 Å². The van der Waals surface area contributed by atoms with Crippen molar-refractivity contribution < 1.29 is 4.39 Å². The van der Waals surface area contributed by atoms with Crippen molar-refractivity contribution in [2.24, 2.45) is 0 Å². The van der Waals surface area contributed by atoms with Crippen LogP contribution in [0.2, 0.25) is 10.0 Å². The van der Waals surface area contributed by atoms with Crippen LogP contribution in [0.3, 0.4) is 0 Å². The lowest BCUT2D eigenvalue weighted by Gasteiger charge is -2.06. The molecule has 0 fully saturated rings. The van der Waals surface area contributed by atoms with Crippen LogP contribution in [0.5, 0.6) is 0 Å².